The van der Waals surface area contributed by atoms with E-state index in [2.05, 4.69) is 38.2 Å². The number of rotatable bonds is 6. The fraction of sp³-hybridized carbons (Fsp3) is 0.625. The largest absolute Gasteiger partial charge is 0.497 e. The number of nitrogens with one attached hydrogen (secondary N) is 1. The summed E-state index contributed by atoms with van der Waals surface area (Å²) in [7, 11) is 5.47. The molecule has 0 radical (unpaired) electrons. The van der Waals surface area contributed by atoms with Crippen molar-refractivity contribution in [2.45, 2.75) is 39.3 Å². The maximum Gasteiger partial charge on any atom is 0.119 e. The molecular weight excluding hydrogens is 238 g/mol. The molecule has 0 bridgehead atoms. The van der Waals surface area contributed by atoms with E-state index in [1.807, 2.05) is 19.2 Å². The fourth-order valence-electron chi connectivity index (χ4n) is 2.54. The Kier molecular flexibility index (Phi) is 5.83. The molecule has 1 rings (SSSR count). The van der Waals surface area contributed by atoms with Crippen molar-refractivity contribution in [3.8, 4) is 5.75 Å². The molecule has 1 aromatic rings. The van der Waals surface area contributed by atoms with Crippen molar-refractivity contribution in [3.63, 3.8) is 0 Å². The lowest BCUT2D eigenvalue weighted by molar-refractivity contribution is -0.00922. The molecule has 19 heavy (non-hydrogen) atoms. The van der Waals surface area contributed by atoms with Crippen LogP contribution in [0.5, 0.6) is 5.75 Å². The summed E-state index contributed by atoms with van der Waals surface area (Å²) in [5.41, 5.74) is 1.35. The standard InChI is InChI=1S/C16H27NO2/c1-16(2,3)15(19-6)14(17-4)11-12-8-7-9-13(10-12)18-5/h7-10,14-15,17H,11H2,1-6H3. The van der Waals surface area contributed by atoms with E-state index in [1.54, 1.807) is 14.2 Å². The van der Waals surface area contributed by atoms with Crippen molar-refractivity contribution in [1.82, 2.24) is 5.32 Å². The Morgan fingerprint density at radius 2 is 1.89 bits per heavy atom. The van der Waals surface area contributed by atoms with Crippen molar-refractivity contribution in [1.29, 1.82) is 0 Å². The number of hydrogen-bond donors (Lipinski definition) is 1. The van der Waals surface area contributed by atoms with E-state index in [-0.39, 0.29) is 17.6 Å². The van der Waals surface area contributed by atoms with E-state index in [0.717, 1.165) is 12.2 Å². The molecule has 108 valence electrons. The van der Waals surface area contributed by atoms with E-state index >= 15 is 0 Å². The van der Waals surface area contributed by atoms with E-state index in [0.29, 0.717) is 0 Å². The first-order valence-electron chi connectivity index (χ1n) is 6.75. The van der Waals surface area contributed by atoms with Crippen molar-refractivity contribution in [2.24, 2.45) is 5.41 Å². The van der Waals surface area contributed by atoms with Crippen LogP contribution in [0.15, 0.2) is 24.3 Å². The minimum atomic E-state index is 0.0985. The minimum absolute atomic E-state index is 0.0985. The molecule has 2 unspecified atom stereocenters. The van der Waals surface area contributed by atoms with Gasteiger partial charge in [0, 0.05) is 13.2 Å². The summed E-state index contributed by atoms with van der Waals surface area (Å²) >= 11 is 0. The van der Waals surface area contributed by atoms with Gasteiger partial charge in [0.1, 0.15) is 5.75 Å². The summed E-state index contributed by atoms with van der Waals surface area (Å²) in [6.45, 7) is 6.62. The van der Waals surface area contributed by atoms with E-state index < -0.39 is 0 Å². The molecule has 0 aliphatic carbocycles. The number of methoxy groups -OCH3 is 2. The Balaban J connectivity index is 2.86. The highest BCUT2D eigenvalue weighted by atomic mass is 16.5. The fourth-order valence-corrected chi connectivity index (χ4v) is 2.54. The second-order valence-electron chi connectivity index (χ2n) is 5.97. The predicted octanol–water partition coefficient (Wildman–Crippen LogP) is 2.89. The molecule has 3 nitrogen and oxygen atoms in total. The van der Waals surface area contributed by atoms with Gasteiger partial charge >= 0.3 is 0 Å². The minimum Gasteiger partial charge on any atom is -0.497 e. The average Bonchev–Trinajstić information content (AvgIpc) is 2.37. The average molecular weight is 265 g/mol. The summed E-state index contributed by atoms with van der Waals surface area (Å²) in [6, 6.07) is 8.48. The predicted molar refractivity (Wildman–Crippen MR) is 79.8 cm³/mol. The van der Waals surface area contributed by atoms with Gasteiger partial charge in [0.15, 0.2) is 0 Å². The first kappa shape index (κ1) is 16.0. The molecule has 0 aliphatic heterocycles. The topological polar surface area (TPSA) is 30.5 Å². The molecule has 2 atom stereocenters. The van der Waals surface area contributed by atoms with Crippen LogP contribution in [-0.4, -0.2) is 33.4 Å². The maximum absolute atomic E-state index is 5.70. The Hall–Kier alpha value is -1.06. The monoisotopic (exact) mass is 265 g/mol. The molecule has 0 spiro atoms. The van der Waals surface area contributed by atoms with E-state index in [9.17, 15) is 0 Å². The summed E-state index contributed by atoms with van der Waals surface area (Å²) in [4.78, 5) is 0. The van der Waals surface area contributed by atoms with Gasteiger partial charge in [0.05, 0.1) is 13.2 Å². The maximum atomic E-state index is 5.70. The van der Waals surface area contributed by atoms with Crippen LogP contribution in [0.25, 0.3) is 0 Å². The van der Waals surface area contributed by atoms with Crippen LogP contribution in [0.1, 0.15) is 26.3 Å². The lowest BCUT2D eigenvalue weighted by Crippen LogP contribution is -2.47. The zero-order valence-corrected chi connectivity index (χ0v) is 13.0. The Labute approximate surface area is 117 Å². The normalized spacial score (nSPS) is 15.1. The summed E-state index contributed by atoms with van der Waals surface area (Å²) in [5.74, 6) is 0.900. The van der Waals surface area contributed by atoms with Crippen molar-refractivity contribution in [3.05, 3.63) is 29.8 Å². The lowest BCUT2D eigenvalue weighted by atomic mass is 9.82. The third kappa shape index (κ3) is 4.51. The van der Waals surface area contributed by atoms with Gasteiger partial charge in [-0.1, -0.05) is 32.9 Å². The van der Waals surface area contributed by atoms with Crippen LogP contribution in [-0.2, 0) is 11.2 Å². The summed E-state index contributed by atoms with van der Waals surface area (Å²) in [5, 5.41) is 3.38. The second kappa shape index (κ2) is 6.92. The van der Waals surface area contributed by atoms with Crippen molar-refractivity contribution < 1.29 is 9.47 Å². The highest BCUT2D eigenvalue weighted by molar-refractivity contribution is 5.29. The molecule has 0 fully saturated rings. The van der Waals surface area contributed by atoms with E-state index in [4.69, 9.17) is 9.47 Å². The van der Waals surface area contributed by atoms with Gasteiger partial charge in [-0.25, -0.2) is 0 Å². The molecular formula is C16H27NO2. The molecule has 1 aromatic carbocycles. The zero-order valence-electron chi connectivity index (χ0n) is 13.0. The molecule has 0 aromatic heterocycles. The highest BCUT2D eigenvalue weighted by Crippen LogP contribution is 2.26. The molecule has 1 N–H and O–H groups in total. The van der Waals surface area contributed by atoms with Gasteiger partial charge in [-0.15, -0.1) is 0 Å². The van der Waals surface area contributed by atoms with Crippen molar-refractivity contribution >= 4 is 0 Å². The van der Waals surface area contributed by atoms with Gasteiger partial charge in [-0.05, 0) is 36.6 Å². The second-order valence-corrected chi connectivity index (χ2v) is 5.97. The first-order valence-corrected chi connectivity index (χ1v) is 6.75. The molecule has 0 saturated carbocycles. The number of benzene rings is 1. The SMILES string of the molecule is CNC(Cc1cccc(OC)c1)C(OC)C(C)(C)C. The first-order chi connectivity index (χ1) is 8.92. The number of hydrogen-bond acceptors (Lipinski definition) is 3. The molecule has 3 heteroatoms. The van der Waals surface area contributed by atoms with Gasteiger partial charge < -0.3 is 14.8 Å². The number of ether oxygens (including phenoxy) is 2. The van der Waals surface area contributed by atoms with Crippen LogP contribution in [0.2, 0.25) is 0 Å². The van der Waals surface area contributed by atoms with Crippen LogP contribution >= 0.6 is 0 Å². The van der Waals surface area contributed by atoms with Crippen molar-refractivity contribution in [2.75, 3.05) is 21.3 Å². The van der Waals surface area contributed by atoms with E-state index in [1.165, 1.54) is 5.56 Å². The van der Waals surface area contributed by atoms with Crippen LogP contribution in [0.3, 0.4) is 0 Å². The third-order valence-electron chi connectivity index (χ3n) is 3.43. The molecule has 0 saturated heterocycles. The smallest absolute Gasteiger partial charge is 0.119 e. The quantitative estimate of drug-likeness (QED) is 0.858. The number of likely N-dealkylation sites (N-methyl/N-ethyl adjacent to an activating group) is 1. The van der Waals surface area contributed by atoms with Gasteiger partial charge in [-0.2, -0.15) is 0 Å². The molecule has 0 heterocycles. The van der Waals surface area contributed by atoms with Gasteiger partial charge in [0.25, 0.3) is 0 Å². The third-order valence-corrected chi connectivity index (χ3v) is 3.43. The zero-order chi connectivity index (χ0) is 14.5. The molecule has 0 aliphatic rings. The highest BCUT2D eigenvalue weighted by Gasteiger charge is 2.31. The summed E-state index contributed by atoms with van der Waals surface area (Å²) in [6.07, 6.45) is 1.08. The van der Waals surface area contributed by atoms with Gasteiger partial charge in [0.2, 0.25) is 0 Å². The van der Waals surface area contributed by atoms with Crippen LogP contribution in [0.4, 0.5) is 0 Å². The Morgan fingerprint density at radius 3 is 2.37 bits per heavy atom. The summed E-state index contributed by atoms with van der Waals surface area (Å²) < 4.78 is 11.0. The van der Waals surface area contributed by atoms with Gasteiger partial charge in [-0.3, -0.25) is 0 Å². The van der Waals surface area contributed by atoms with Crippen LogP contribution < -0.4 is 10.1 Å². The Bertz CT molecular complexity index is 385. The molecule has 0 amide bonds. The van der Waals surface area contributed by atoms with Crippen LogP contribution in [0, 0.1) is 5.41 Å². The lowest BCUT2D eigenvalue weighted by Gasteiger charge is -2.36. The Morgan fingerprint density at radius 1 is 1.21 bits per heavy atom.